The molecular weight excluding hydrogens is 634 g/mol. The van der Waals surface area contributed by atoms with Crippen molar-refractivity contribution >= 4 is 41.7 Å². The number of fused-ring (bicyclic) bond motifs is 5. The maximum Gasteiger partial charge on any atom is 0.409 e. The first-order chi connectivity index (χ1) is 22.1. The molecule has 2 N–H and O–H groups in total. The zero-order valence-electron chi connectivity index (χ0n) is 27.9. The van der Waals surface area contributed by atoms with Gasteiger partial charge in [-0.05, 0) is 44.9 Å². The number of esters is 1. The normalized spacial score (nSPS) is 33.6. The number of nitrogens with zero attached hydrogens (tertiary/aromatic N) is 2. The fourth-order valence-corrected chi connectivity index (χ4v) is 6.41. The van der Waals surface area contributed by atoms with Crippen molar-refractivity contribution in [3.63, 3.8) is 0 Å². The molecule has 258 valence electrons. The molecule has 0 spiro atoms. The van der Waals surface area contributed by atoms with E-state index in [2.05, 4.69) is 5.32 Å². The molecule has 0 radical (unpaired) electrons. The number of benzene rings is 1. The minimum atomic E-state index is -1.81. The molecular formula is C33H44ClN3O10. The van der Waals surface area contributed by atoms with Crippen LogP contribution in [0.2, 0.25) is 5.02 Å². The van der Waals surface area contributed by atoms with E-state index in [9.17, 15) is 24.3 Å². The van der Waals surface area contributed by atoms with Gasteiger partial charge in [0.1, 0.15) is 40.7 Å². The van der Waals surface area contributed by atoms with Gasteiger partial charge in [0.25, 0.3) is 0 Å². The molecule has 47 heavy (non-hydrogen) atoms. The van der Waals surface area contributed by atoms with Crippen LogP contribution in [0.25, 0.3) is 0 Å². The lowest BCUT2D eigenvalue weighted by Gasteiger charge is -2.42. The fourth-order valence-electron chi connectivity index (χ4n) is 6.10. The molecule has 3 aliphatic rings. The van der Waals surface area contributed by atoms with Crippen LogP contribution in [0.3, 0.4) is 0 Å². The van der Waals surface area contributed by atoms with E-state index in [-0.39, 0.29) is 17.9 Å². The van der Waals surface area contributed by atoms with Crippen LogP contribution in [0.4, 0.5) is 10.5 Å². The summed E-state index contributed by atoms with van der Waals surface area (Å²) in [5.74, 6) is -1.30. The van der Waals surface area contributed by atoms with Crippen LogP contribution in [0.15, 0.2) is 35.9 Å². The lowest BCUT2D eigenvalue weighted by atomic mass is 9.83. The number of halogens is 1. The summed E-state index contributed by atoms with van der Waals surface area (Å²) in [5, 5.41) is 14.4. The lowest BCUT2D eigenvalue weighted by Crippen LogP contribution is -2.63. The second kappa shape index (κ2) is 14.2. The highest BCUT2D eigenvalue weighted by Crippen LogP contribution is 2.49. The van der Waals surface area contributed by atoms with Crippen molar-refractivity contribution in [2.45, 2.75) is 88.7 Å². The molecule has 4 rings (SSSR count). The zero-order chi connectivity index (χ0) is 34.8. The van der Waals surface area contributed by atoms with E-state index in [1.807, 2.05) is 13.0 Å². The van der Waals surface area contributed by atoms with Gasteiger partial charge in [-0.15, -0.1) is 0 Å². The number of carbonyl (C=O) groups excluding carboxylic acids is 4. The third kappa shape index (κ3) is 7.58. The monoisotopic (exact) mass is 677 g/mol. The Balaban J connectivity index is 1.80. The van der Waals surface area contributed by atoms with Crippen molar-refractivity contribution in [2.24, 2.45) is 5.92 Å². The van der Waals surface area contributed by atoms with E-state index in [4.69, 9.17) is 35.3 Å². The van der Waals surface area contributed by atoms with Crippen LogP contribution < -0.4 is 15.0 Å². The van der Waals surface area contributed by atoms with Crippen LogP contribution in [0.1, 0.15) is 46.1 Å². The number of aliphatic hydroxyl groups is 1. The molecule has 8 atom stereocenters. The fraction of sp³-hybridized carbons (Fsp3) is 0.576. The average molecular weight is 678 g/mol. The summed E-state index contributed by atoms with van der Waals surface area (Å²) in [7, 11) is 5.92. The van der Waals surface area contributed by atoms with Crippen LogP contribution in [-0.4, -0.2) is 104 Å². The van der Waals surface area contributed by atoms with Gasteiger partial charge in [0.15, 0.2) is 5.72 Å². The Morgan fingerprint density at radius 1 is 1.30 bits per heavy atom. The minimum Gasteiger partial charge on any atom is -0.495 e. The van der Waals surface area contributed by atoms with Gasteiger partial charge in [0, 0.05) is 33.5 Å². The summed E-state index contributed by atoms with van der Waals surface area (Å²) in [6, 6.07) is 2.63. The number of hydrogen-bond donors (Lipinski definition) is 2. The molecule has 4 bridgehead atoms. The van der Waals surface area contributed by atoms with E-state index < -0.39 is 65.7 Å². The van der Waals surface area contributed by atoms with E-state index in [1.165, 1.54) is 33.1 Å². The van der Waals surface area contributed by atoms with Crippen molar-refractivity contribution in [2.75, 3.05) is 33.2 Å². The number of allylic oxidation sites excluding steroid dienone is 3. The molecule has 3 amide bonds. The highest BCUT2D eigenvalue weighted by atomic mass is 35.5. The second-order valence-corrected chi connectivity index (χ2v) is 13.0. The van der Waals surface area contributed by atoms with Crippen molar-refractivity contribution in [3.8, 4) is 5.75 Å². The number of ether oxygens (including phenoxy) is 5. The molecule has 2 fully saturated rings. The molecule has 14 heteroatoms. The predicted octanol–water partition coefficient (Wildman–Crippen LogP) is 3.14. The van der Waals surface area contributed by atoms with E-state index >= 15 is 0 Å². The maximum atomic E-state index is 13.9. The van der Waals surface area contributed by atoms with Gasteiger partial charge >= 0.3 is 12.1 Å². The second-order valence-electron chi connectivity index (χ2n) is 12.7. The van der Waals surface area contributed by atoms with Crippen LogP contribution >= 0.6 is 11.6 Å². The Labute approximate surface area is 279 Å². The number of anilines is 1. The number of methoxy groups -OCH3 is 2. The molecule has 1 aromatic carbocycles. The molecule has 3 heterocycles. The van der Waals surface area contributed by atoms with Gasteiger partial charge in [-0.1, -0.05) is 42.3 Å². The van der Waals surface area contributed by atoms with Crippen molar-refractivity contribution in [1.29, 1.82) is 0 Å². The van der Waals surface area contributed by atoms with Gasteiger partial charge in [-0.25, -0.2) is 9.59 Å². The summed E-state index contributed by atoms with van der Waals surface area (Å²) in [6.07, 6.45) is 1.53. The van der Waals surface area contributed by atoms with Gasteiger partial charge in [0.05, 0.1) is 25.3 Å². The standard InChI is InChI=1S/C33H44ClN3O10/c1-18-10-9-11-25(44-8)33(42)16-24(45-31(41)35-33)19(2)29-32(4,47-29)26(46-30(40)20(3)36(5)17-38)15-27(39)37(6)22-13-21(12-18)14-23(43-7)28(22)34/h9-11,13-14,17,19-20,24-26,29,42H,12,15-16H2,1-8H3,(H,35,41)/b11-9+,18-10+/t19?,20?,24?,25?,26-,29?,32?,33?/m1/s1. The summed E-state index contributed by atoms with van der Waals surface area (Å²) in [4.78, 5) is 53.7. The number of epoxide rings is 1. The smallest absolute Gasteiger partial charge is 0.409 e. The Morgan fingerprint density at radius 2 is 2.00 bits per heavy atom. The van der Waals surface area contributed by atoms with Crippen molar-refractivity contribution in [3.05, 3.63) is 46.5 Å². The van der Waals surface area contributed by atoms with Crippen molar-refractivity contribution < 1.29 is 48.0 Å². The van der Waals surface area contributed by atoms with Gasteiger partial charge < -0.3 is 38.6 Å². The first-order valence-corrected chi connectivity index (χ1v) is 15.7. The molecule has 2 saturated heterocycles. The number of nitrogens with one attached hydrogen (secondary N) is 1. The summed E-state index contributed by atoms with van der Waals surface area (Å²) in [6.45, 7) is 6.92. The predicted molar refractivity (Wildman–Crippen MR) is 172 cm³/mol. The molecule has 7 unspecified atom stereocenters. The summed E-state index contributed by atoms with van der Waals surface area (Å²) >= 11 is 6.69. The number of likely N-dealkylation sites (N-methyl/N-ethyl adjacent to an activating group) is 1. The highest BCUT2D eigenvalue weighted by Gasteiger charge is 2.64. The number of hydrogen-bond acceptors (Lipinski definition) is 10. The number of alkyl carbamates (subject to hydrolysis) is 1. The van der Waals surface area contributed by atoms with E-state index in [0.717, 1.165) is 16.0 Å². The zero-order valence-corrected chi connectivity index (χ0v) is 28.7. The van der Waals surface area contributed by atoms with Crippen LogP contribution in [0.5, 0.6) is 5.75 Å². The first kappa shape index (κ1) is 36.2. The topological polar surface area (TPSA) is 156 Å². The lowest BCUT2D eigenvalue weighted by molar-refractivity contribution is -0.160. The molecule has 0 aromatic heterocycles. The van der Waals surface area contributed by atoms with Crippen molar-refractivity contribution in [1.82, 2.24) is 10.2 Å². The summed E-state index contributed by atoms with van der Waals surface area (Å²) < 4.78 is 28.8. The minimum absolute atomic E-state index is 0.0429. The quantitative estimate of drug-likeness (QED) is 0.261. The van der Waals surface area contributed by atoms with Crippen LogP contribution in [0, 0.1) is 5.92 Å². The molecule has 13 nitrogen and oxygen atoms in total. The van der Waals surface area contributed by atoms with Gasteiger partial charge in [0.2, 0.25) is 12.3 Å². The Morgan fingerprint density at radius 3 is 2.64 bits per heavy atom. The first-order valence-electron chi connectivity index (χ1n) is 15.3. The highest BCUT2D eigenvalue weighted by molar-refractivity contribution is 6.35. The third-order valence-electron chi connectivity index (χ3n) is 9.33. The SMILES string of the molecule is COc1cc2cc(c1Cl)N(C)C(=O)C[C@@H](OC(=O)C(C)N(C)C=O)C1(C)OC1C(C)C1CC(O)(NC(=O)O1)C(OC)/C=C/C=C(\C)C2. The molecule has 0 saturated carbocycles. The molecule has 0 aliphatic carbocycles. The largest absolute Gasteiger partial charge is 0.495 e. The number of rotatable bonds is 6. The van der Waals surface area contributed by atoms with Gasteiger partial charge in [-0.3, -0.25) is 14.9 Å². The Hall–Kier alpha value is -3.65. The third-order valence-corrected chi connectivity index (χ3v) is 9.71. The maximum absolute atomic E-state index is 13.9. The van der Waals surface area contributed by atoms with Crippen LogP contribution in [-0.2, 0) is 39.8 Å². The number of amides is 3. The number of carbonyl (C=O) groups is 4. The Bertz CT molecular complexity index is 1450. The summed E-state index contributed by atoms with van der Waals surface area (Å²) in [5.41, 5.74) is -0.866. The van der Waals surface area contributed by atoms with E-state index in [1.54, 1.807) is 45.2 Å². The molecule has 3 aliphatic heterocycles. The average Bonchev–Trinajstić information content (AvgIpc) is 3.73. The Kier molecular flexibility index (Phi) is 11.0. The van der Waals surface area contributed by atoms with Gasteiger partial charge in [-0.2, -0.15) is 0 Å². The molecule has 1 aromatic rings. The van der Waals surface area contributed by atoms with E-state index in [0.29, 0.717) is 24.3 Å².